The Morgan fingerprint density at radius 1 is 0.909 bits per heavy atom. The second-order valence-corrected chi connectivity index (χ2v) is 6.45. The van der Waals surface area contributed by atoms with E-state index >= 15 is 0 Å². The summed E-state index contributed by atoms with van der Waals surface area (Å²) in [4.78, 5) is 25.6. The standard InChI is InChI=1S/C17H14O3.CH3.Sn/c1-12(18)11-16(19)13-7-9-15(10-8-13)17(20)14-5-3-2-4-6-14;;/h2-11,19H,1H3;1H3;/q;;+1/p-1/b16-11+;;. The zero-order valence-electron chi connectivity index (χ0n) is 12.5. The van der Waals surface area contributed by atoms with Crippen LogP contribution in [0.15, 0.2) is 60.7 Å². The summed E-state index contributed by atoms with van der Waals surface area (Å²) in [5, 5.41) is 0. The van der Waals surface area contributed by atoms with Crippen LogP contribution in [0.25, 0.3) is 5.76 Å². The molecule has 22 heavy (non-hydrogen) atoms. The molecule has 2 aromatic rings. The molecule has 0 aliphatic heterocycles. The maximum absolute atomic E-state index is 12.3. The number of benzene rings is 2. The average molecular weight is 399 g/mol. The molecule has 0 atom stereocenters. The third-order valence-electron chi connectivity index (χ3n) is 3.01. The van der Waals surface area contributed by atoms with Crippen molar-refractivity contribution >= 4 is 38.9 Å². The second-order valence-electron chi connectivity index (χ2n) is 4.70. The topological polar surface area (TPSA) is 43.4 Å². The third kappa shape index (κ3) is 4.31. The summed E-state index contributed by atoms with van der Waals surface area (Å²) >= 11 is -0.933. The Morgan fingerprint density at radius 2 is 1.45 bits per heavy atom. The van der Waals surface area contributed by atoms with E-state index in [-0.39, 0.29) is 11.6 Å². The predicted molar refractivity (Wildman–Crippen MR) is 87.7 cm³/mol. The van der Waals surface area contributed by atoms with Crippen LogP contribution in [0.5, 0.6) is 0 Å². The quantitative estimate of drug-likeness (QED) is 0.323. The van der Waals surface area contributed by atoms with Crippen LogP contribution >= 0.6 is 0 Å². The molecule has 2 radical (unpaired) electrons. The molecule has 4 heteroatoms. The summed E-state index contributed by atoms with van der Waals surface area (Å²) < 4.78 is 5.65. The molecule has 2 rings (SSSR count). The minimum absolute atomic E-state index is 0.0165. The molecule has 0 saturated carbocycles. The monoisotopic (exact) mass is 400 g/mol. The molecule has 0 unspecified atom stereocenters. The molecule has 0 aromatic heterocycles. The van der Waals surface area contributed by atoms with Gasteiger partial charge in [-0.05, 0) is 0 Å². The Morgan fingerprint density at radius 3 is 2.00 bits per heavy atom. The van der Waals surface area contributed by atoms with Crippen LogP contribution in [0.3, 0.4) is 0 Å². The van der Waals surface area contributed by atoms with E-state index in [0.29, 0.717) is 16.9 Å². The van der Waals surface area contributed by atoms with Crippen molar-refractivity contribution in [3.8, 4) is 0 Å². The molecule has 0 spiro atoms. The average Bonchev–Trinajstić information content (AvgIpc) is 2.54. The van der Waals surface area contributed by atoms with Crippen LogP contribution in [0.4, 0.5) is 0 Å². The van der Waals surface area contributed by atoms with E-state index in [1.54, 1.807) is 24.3 Å². The van der Waals surface area contributed by atoms with Gasteiger partial charge in [0.15, 0.2) is 0 Å². The molecule has 0 bridgehead atoms. The number of carbonyl (C=O) groups is 2. The molecule has 0 heterocycles. The van der Waals surface area contributed by atoms with E-state index in [1.165, 1.54) is 13.0 Å². The molecule has 2 aromatic carbocycles. The van der Waals surface area contributed by atoms with Crippen molar-refractivity contribution in [1.29, 1.82) is 0 Å². The predicted octanol–water partition coefficient (Wildman–Crippen LogP) is 3.53. The first-order chi connectivity index (χ1) is 10.6. The molecular formula is C18H16O3Sn. The second kappa shape index (κ2) is 7.94. The van der Waals surface area contributed by atoms with E-state index in [2.05, 4.69) is 0 Å². The van der Waals surface area contributed by atoms with Crippen molar-refractivity contribution in [1.82, 2.24) is 0 Å². The molecule has 0 fully saturated rings. The van der Waals surface area contributed by atoms with E-state index < -0.39 is 21.6 Å². The van der Waals surface area contributed by atoms with Gasteiger partial charge in [0, 0.05) is 0 Å². The van der Waals surface area contributed by atoms with Crippen molar-refractivity contribution in [2.24, 2.45) is 0 Å². The summed E-state index contributed by atoms with van der Waals surface area (Å²) in [6.07, 6.45) is 1.50. The number of ketones is 2. The molecule has 0 aliphatic carbocycles. The van der Waals surface area contributed by atoms with E-state index in [9.17, 15) is 9.59 Å². The Bertz CT molecular complexity index is 688. The fourth-order valence-electron chi connectivity index (χ4n) is 2.01. The number of rotatable bonds is 6. The van der Waals surface area contributed by atoms with Crippen molar-refractivity contribution in [2.75, 3.05) is 0 Å². The molecule has 110 valence electrons. The first-order valence-electron chi connectivity index (χ1n) is 6.88. The summed E-state index contributed by atoms with van der Waals surface area (Å²) in [6.45, 7) is 1.50. The molecule has 0 amide bonds. The Labute approximate surface area is 140 Å². The number of hydrogen-bond acceptors (Lipinski definition) is 3. The van der Waals surface area contributed by atoms with Crippen LogP contribution in [0.2, 0.25) is 4.94 Å². The zero-order valence-corrected chi connectivity index (χ0v) is 15.4. The third-order valence-corrected chi connectivity index (χ3v) is 4.22. The SMILES string of the molecule is [CH3][Sn][O]/C(=C/C(C)=O)c1ccc(C(=O)c2ccccc2)cc1. The van der Waals surface area contributed by atoms with Crippen molar-refractivity contribution < 1.29 is 12.7 Å². The van der Waals surface area contributed by atoms with Crippen LogP contribution in [-0.2, 0) is 7.87 Å². The van der Waals surface area contributed by atoms with E-state index in [0.717, 1.165) is 5.56 Å². The fraction of sp³-hybridized carbons (Fsp3) is 0.111. The minimum atomic E-state index is -0.933. The zero-order chi connectivity index (χ0) is 15.9. The molecule has 0 aliphatic rings. The van der Waals surface area contributed by atoms with Gasteiger partial charge in [0.2, 0.25) is 0 Å². The number of allylic oxidation sites excluding steroid dienone is 1. The van der Waals surface area contributed by atoms with Gasteiger partial charge in [-0.1, -0.05) is 0 Å². The van der Waals surface area contributed by atoms with Crippen molar-refractivity contribution in [3.05, 3.63) is 77.4 Å². The summed E-state index contributed by atoms with van der Waals surface area (Å²) in [5.74, 6) is 0.532. The van der Waals surface area contributed by atoms with Gasteiger partial charge in [0.05, 0.1) is 0 Å². The molecular weight excluding hydrogens is 383 g/mol. The van der Waals surface area contributed by atoms with E-state index in [4.69, 9.17) is 3.07 Å². The van der Waals surface area contributed by atoms with E-state index in [1.807, 2.05) is 35.3 Å². The van der Waals surface area contributed by atoms with Gasteiger partial charge in [-0.15, -0.1) is 0 Å². The fourth-order valence-corrected chi connectivity index (χ4v) is 3.14. The number of hydrogen-bond donors (Lipinski definition) is 0. The van der Waals surface area contributed by atoms with Gasteiger partial charge in [-0.2, -0.15) is 0 Å². The Balaban J connectivity index is 2.26. The number of carbonyl (C=O) groups excluding carboxylic acids is 2. The van der Waals surface area contributed by atoms with Gasteiger partial charge >= 0.3 is 141 Å². The van der Waals surface area contributed by atoms with Crippen LogP contribution in [0.1, 0.15) is 28.4 Å². The normalized spacial score (nSPS) is 11.1. The van der Waals surface area contributed by atoms with Gasteiger partial charge in [0.1, 0.15) is 0 Å². The first kappa shape index (κ1) is 16.5. The maximum atomic E-state index is 12.3. The van der Waals surface area contributed by atoms with Gasteiger partial charge < -0.3 is 0 Å². The van der Waals surface area contributed by atoms with Crippen molar-refractivity contribution in [3.63, 3.8) is 0 Å². The Hall–Kier alpha value is -1.88. The summed E-state index contributed by atoms with van der Waals surface area (Å²) in [7, 11) is 0. The summed E-state index contributed by atoms with van der Waals surface area (Å²) in [6, 6.07) is 16.3. The van der Waals surface area contributed by atoms with Crippen LogP contribution < -0.4 is 0 Å². The van der Waals surface area contributed by atoms with Gasteiger partial charge in [-0.3, -0.25) is 0 Å². The Kier molecular flexibility index (Phi) is 5.95. The van der Waals surface area contributed by atoms with Gasteiger partial charge in [-0.25, -0.2) is 0 Å². The van der Waals surface area contributed by atoms with Crippen LogP contribution in [-0.4, -0.2) is 33.1 Å². The molecule has 0 N–H and O–H groups in total. The summed E-state index contributed by atoms with van der Waals surface area (Å²) in [5.41, 5.74) is 2.10. The first-order valence-corrected chi connectivity index (χ1v) is 10.9. The van der Waals surface area contributed by atoms with Gasteiger partial charge in [0.25, 0.3) is 0 Å². The van der Waals surface area contributed by atoms with Crippen molar-refractivity contribution in [2.45, 2.75) is 11.9 Å². The van der Waals surface area contributed by atoms with Crippen LogP contribution in [0, 0.1) is 0 Å². The molecule has 0 saturated heterocycles. The molecule has 3 nitrogen and oxygen atoms in total.